The Morgan fingerprint density at radius 2 is 0.762 bits per heavy atom. The molecule has 2 heterocycles. The van der Waals surface area contributed by atoms with Gasteiger partial charge in [-0.1, -0.05) is 97.1 Å². The normalized spacial score (nSPS) is 16.6. The smallest absolute Gasteiger partial charge is 0.228 e. The molecule has 0 N–H and O–H groups in total. The van der Waals surface area contributed by atoms with Crippen LogP contribution in [0.5, 0.6) is 0 Å². The molecule has 2 aromatic heterocycles. The third-order valence-corrected chi connectivity index (χ3v) is 9.12. The van der Waals surface area contributed by atoms with Crippen LogP contribution in [0, 0.1) is 0 Å². The molecule has 0 unspecified atom stereocenters. The lowest BCUT2D eigenvalue weighted by atomic mass is 9.58. The van der Waals surface area contributed by atoms with E-state index in [9.17, 15) is 0 Å². The number of hydrogen-bond acceptors (Lipinski definition) is 4. The lowest BCUT2D eigenvalue weighted by Gasteiger charge is -2.44. The second-order valence-corrected chi connectivity index (χ2v) is 11.2. The number of aromatic nitrogens is 2. The lowest BCUT2D eigenvalue weighted by molar-refractivity contribution is 0.613. The van der Waals surface area contributed by atoms with Gasteiger partial charge in [0.15, 0.2) is 11.2 Å². The number of benzene rings is 6. The van der Waals surface area contributed by atoms with Gasteiger partial charge in [-0.25, -0.2) is 9.97 Å². The highest BCUT2D eigenvalue weighted by Gasteiger charge is 2.46. The van der Waals surface area contributed by atoms with E-state index >= 15 is 0 Å². The van der Waals surface area contributed by atoms with Crippen molar-refractivity contribution in [1.82, 2.24) is 9.97 Å². The van der Waals surface area contributed by atoms with E-state index in [0.29, 0.717) is 11.8 Å². The standard InChI is InChI=1S/C38H22N2O2/c1-2-12-22-21(11-1)31-23-13-3-4-14-24(23)32(22)36-34(38-40-28-18-8-10-20-30(28)42-38)26-16-6-5-15-25(26)33(35(31)36)37-39-27-17-7-9-19-29(27)41-37/h1-20,31-32H. The first-order valence-corrected chi connectivity index (χ1v) is 14.3. The predicted molar refractivity (Wildman–Crippen MR) is 165 cm³/mol. The summed E-state index contributed by atoms with van der Waals surface area (Å²) in [5.74, 6) is 1.34. The molecule has 0 saturated carbocycles. The zero-order valence-corrected chi connectivity index (χ0v) is 22.4. The Labute approximate surface area is 240 Å². The van der Waals surface area contributed by atoms with Gasteiger partial charge in [-0.15, -0.1) is 0 Å². The molecule has 8 aromatic rings. The van der Waals surface area contributed by atoms with E-state index < -0.39 is 0 Å². The zero-order chi connectivity index (χ0) is 27.4. The molecule has 4 heteroatoms. The molecular formula is C38H22N2O2. The largest absolute Gasteiger partial charge is 0.436 e. The first-order chi connectivity index (χ1) is 20.8. The van der Waals surface area contributed by atoms with Crippen molar-refractivity contribution in [1.29, 1.82) is 0 Å². The van der Waals surface area contributed by atoms with Crippen LogP contribution in [0.3, 0.4) is 0 Å². The Morgan fingerprint density at radius 3 is 1.17 bits per heavy atom. The van der Waals surface area contributed by atoms with E-state index in [1.54, 1.807) is 0 Å². The van der Waals surface area contributed by atoms with Gasteiger partial charge in [-0.05, 0) is 68.4 Å². The van der Waals surface area contributed by atoms with Gasteiger partial charge in [0.2, 0.25) is 11.8 Å². The summed E-state index contributed by atoms with van der Waals surface area (Å²) in [6.45, 7) is 0. The Kier molecular flexibility index (Phi) is 4.26. The molecule has 0 fully saturated rings. The van der Waals surface area contributed by atoms with Gasteiger partial charge in [0.25, 0.3) is 0 Å². The summed E-state index contributed by atoms with van der Waals surface area (Å²) in [5, 5.41) is 2.17. The van der Waals surface area contributed by atoms with Gasteiger partial charge in [0.1, 0.15) is 11.0 Å². The van der Waals surface area contributed by atoms with Crippen LogP contribution >= 0.6 is 0 Å². The van der Waals surface area contributed by atoms with Crippen LogP contribution in [0.15, 0.2) is 130 Å². The van der Waals surface area contributed by atoms with E-state index in [2.05, 4.69) is 72.8 Å². The highest BCUT2D eigenvalue weighted by atomic mass is 16.4. The molecule has 42 heavy (non-hydrogen) atoms. The minimum Gasteiger partial charge on any atom is -0.436 e. The van der Waals surface area contributed by atoms with Gasteiger partial charge >= 0.3 is 0 Å². The second-order valence-electron chi connectivity index (χ2n) is 11.2. The quantitative estimate of drug-likeness (QED) is 0.220. The zero-order valence-electron chi connectivity index (χ0n) is 22.4. The number of para-hydroxylation sites is 4. The SMILES string of the molecule is c1ccc2c(c1)C1c3ccccc3C2c2c1c(-c1nc3ccccc3o1)c1ccccc1c2-c1nc2ccccc2o1. The summed E-state index contributed by atoms with van der Waals surface area (Å²) < 4.78 is 13.1. The van der Waals surface area contributed by atoms with Crippen molar-refractivity contribution in [2.45, 2.75) is 11.8 Å². The van der Waals surface area contributed by atoms with E-state index in [-0.39, 0.29) is 11.8 Å². The van der Waals surface area contributed by atoms with E-state index in [0.717, 1.165) is 44.1 Å². The summed E-state index contributed by atoms with van der Waals surface area (Å²) in [5.41, 5.74) is 13.2. The average molecular weight is 539 g/mol. The number of nitrogens with zero attached hydrogens (tertiary/aromatic N) is 2. The first kappa shape index (κ1) is 22.2. The number of rotatable bonds is 2. The minimum absolute atomic E-state index is 0.0233. The lowest BCUT2D eigenvalue weighted by Crippen LogP contribution is -2.29. The summed E-state index contributed by atoms with van der Waals surface area (Å²) >= 11 is 0. The summed E-state index contributed by atoms with van der Waals surface area (Å²) in [6.07, 6.45) is 0. The van der Waals surface area contributed by atoms with Crippen molar-refractivity contribution >= 4 is 33.0 Å². The average Bonchev–Trinajstić information content (AvgIpc) is 3.67. The molecular weight excluding hydrogens is 516 g/mol. The maximum atomic E-state index is 6.56. The summed E-state index contributed by atoms with van der Waals surface area (Å²) in [6, 6.07) is 42.4. The first-order valence-electron chi connectivity index (χ1n) is 14.3. The van der Waals surface area contributed by atoms with E-state index in [1.807, 2.05) is 48.5 Å². The molecule has 0 saturated heterocycles. The Hall–Kier alpha value is -5.48. The van der Waals surface area contributed by atoms with Crippen molar-refractivity contribution in [3.8, 4) is 22.9 Å². The van der Waals surface area contributed by atoms with Crippen LogP contribution in [-0.2, 0) is 0 Å². The second kappa shape index (κ2) is 8.05. The molecule has 11 rings (SSSR count). The van der Waals surface area contributed by atoms with Gasteiger partial charge in [0, 0.05) is 23.0 Å². The van der Waals surface area contributed by atoms with E-state index in [4.69, 9.17) is 18.8 Å². The van der Waals surface area contributed by atoms with Crippen LogP contribution in [-0.4, -0.2) is 9.97 Å². The van der Waals surface area contributed by atoms with Crippen LogP contribution in [0.4, 0.5) is 0 Å². The molecule has 4 nitrogen and oxygen atoms in total. The molecule has 0 aliphatic heterocycles. The molecule has 0 radical (unpaired) electrons. The molecule has 2 bridgehead atoms. The third kappa shape index (κ3) is 2.81. The summed E-state index contributed by atoms with van der Waals surface area (Å²) in [4.78, 5) is 10.1. The van der Waals surface area contributed by atoms with Crippen LogP contribution in [0.2, 0.25) is 0 Å². The summed E-state index contributed by atoms with van der Waals surface area (Å²) in [7, 11) is 0. The van der Waals surface area contributed by atoms with Crippen LogP contribution in [0.1, 0.15) is 45.2 Å². The fourth-order valence-corrected chi connectivity index (χ4v) is 7.53. The van der Waals surface area contributed by atoms with Crippen molar-refractivity contribution in [2.24, 2.45) is 0 Å². The van der Waals surface area contributed by atoms with Crippen LogP contribution in [0.25, 0.3) is 55.9 Å². The molecule has 196 valence electrons. The maximum Gasteiger partial charge on any atom is 0.228 e. The number of hydrogen-bond donors (Lipinski definition) is 0. The van der Waals surface area contributed by atoms with Gasteiger partial charge in [0.05, 0.1) is 0 Å². The van der Waals surface area contributed by atoms with Gasteiger partial charge in [-0.3, -0.25) is 0 Å². The molecule has 0 spiro atoms. The maximum absolute atomic E-state index is 6.56. The monoisotopic (exact) mass is 538 g/mol. The topological polar surface area (TPSA) is 52.1 Å². The van der Waals surface area contributed by atoms with E-state index in [1.165, 1.54) is 33.4 Å². The fourth-order valence-electron chi connectivity index (χ4n) is 7.53. The van der Waals surface area contributed by atoms with Gasteiger partial charge in [-0.2, -0.15) is 0 Å². The molecule has 6 aromatic carbocycles. The predicted octanol–water partition coefficient (Wildman–Crippen LogP) is 9.44. The minimum atomic E-state index is 0.0233. The van der Waals surface area contributed by atoms with Crippen molar-refractivity contribution in [3.63, 3.8) is 0 Å². The number of oxazole rings is 2. The Morgan fingerprint density at radius 1 is 0.405 bits per heavy atom. The Balaban J connectivity index is 1.42. The highest BCUT2D eigenvalue weighted by Crippen LogP contribution is 2.61. The molecule has 3 aliphatic rings. The highest BCUT2D eigenvalue weighted by molar-refractivity contribution is 6.08. The molecule has 3 aliphatic carbocycles. The number of fused-ring (bicyclic) bond motifs is 3. The fraction of sp³-hybridized carbons (Fsp3) is 0.0526. The van der Waals surface area contributed by atoms with Crippen LogP contribution < -0.4 is 0 Å². The van der Waals surface area contributed by atoms with Crippen molar-refractivity contribution in [3.05, 3.63) is 155 Å². The van der Waals surface area contributed by atoms with Crippen molar-refractivity contribution < 1.29 is 8.83 Å². The third-order valence-electron chi connectivity index (χ3n) is 9.12. The molecule has 0 atom stereocenters. The molecule has 0 amide bonds. The Bertz CT molecular complexity index is 2120. The van der Waals surface area contributed by atoms with Gasteiger partial charge < -0.3 is 8.83 Å². The van der Waals surface area contributed by atoms with Crippen molar-refractivity contribution in [2.75, 3.05) is 0 Å².